The number of allylic oxidation sites excluding steroid dienone is 2. The molecule has 2 aliphatic rings. The topological polar surface area (TPSA) is 59.9 Å². The van der Waals surface area contributed by atoms with Crippen molar-refractivity contribution in [1.29, 1.82) is 0 Å². The summed E-state index contributed by atoms with van der Waals surface area (Å²) in [6, 6.07) is 7.10. The van der Waals surface area contributed by atoms with Gasteiger partial charge in [0.15, 0.2) is 6.61 Å². The number of fused-ring (bicyclic) bond motifs is 1. The summed E-state index contributed by atoms with van der Waals surface area (Å²) in [4.78, 5) is 11.7. The van der Waals surface area contributed by atoms with E-state index in [9.17, 15) is 4.79 Å². The molecule has 0 saturated heterocycles. The lowest BCUT2D eigenvalue weighted by molar-refractivity contribution is -0.123. The van der Waals surface area contributed by atoms with Crippen molar-refractivity contribution in [2.75, 3.05) is 13.7 Å². The van der Waals surface area contributed by atoms with E-state index < -0.39 is 0 Å². The van der Waals surface area contributed by atoms with Crippen LogP contribution in [0.25, 0.3) is 0 Å². The molecule has 5 heteroatoms. The monoisotopic (exact) mass is 286 g/mol. The minimum Gasteiger partial charge on any atom is -0.497 e. The lowest BCUT2D eigenvalue weighted by Crippen LogP contribution is -2.36. The number of hydrogen-bond donors (Lipinski definition) is 1. The van der Waals surface area contributed by atoms with Crippen molar-refractivity contribution in [2.24, 2.45) is 16.9 Å². The molecule has 0 aliphatic heterocycles. The Morgan fingerprint density at radius 3 is 2.81 bits per heavy atom. The number of hydrazone groups is 1. The van der Waals surface area contributed by atoms with Crippen LogP contribution in [0.1, 0.15) is 12.8 Å². The second-order valence-electron chi connectivity index (χ2n) is 5.24. The maximum absolute atomic E-state index is 11.7. The predicted molar refractivity (Wildman–Crippen MR) is 79.4 cm³/mol. The SMILES string of the molecule is COc1ccc(OCC(=O)N/N=C2/CC3C=CCC23)cc1. The average Bonchev–Trinajstić information content (AvgIpc) is 2.87. The molecule has 1 amide bonds. The van der Waals surface area contributed by atoms with Crippen molar-refractivity contribution in [3.05, 3.63) is 36.4 Å². The van der Waals surface area contributed by atoms with Crippen molar-refractivity contribution in [3.63, 3.8) is 0 Å². The standard InChI is InChI=1S/C16H18N2O3/c1-20-12-5-7-13(8-6-12)21-10-16(19)18-17-15-9-11-3-2-4-14(11)15/h2-3,5-8,11,14H,4,9-10H2,1H3,(H,18,19)/b17-15-. The first-order chi connectivity index (χ1) is 10.3. The minimum atomic E-state index is -0.243. The molecule has 1 saturated carbocycles. The molecule has 0 bridgehead atoms. The van der Waals surface area contributed by atoms with Crippen LogP contribution in [0.2, 0.25) is 0 Å². The van der Waals surface area contributed by atoms with Crippen LogP contribution in [0.15, 0.2) is 41.5 Å². The maximum Gasteiger partial charge on any atom is 0.277 e. The Hall–Kier alpha value is -2.30. The second-order valence-corrected chi connectivity index (χ2v) is 5.24. The van der Waals surface area contributed by atoms with Gasteiger partial charge in [0.25, 0.3) is 5.91 Å². The zero-order chi connectivity index (χ0) is 14.7. The van der Waals surface area contributed by atoms with Crippen LogP contribution in [0.4, 0.5) is 0 Å². The summed E-state index contributed by atoms with van der Waals surface area (Å²) >= 11 is 0. The average molecular weight is 286 g/mol. The summed E-state index contributed by atoms with van der Waals surface area (Å²) in [6.45, 7) is -0.0462. The van der Waals surface area contributed by atoms with Crippen molar-refractivity contribution in [1.82, 2.24) is 5.43 Å². The Balaban J connectivity index is 1.43. The number of nitrogens with zero attached hydrogens (tertiary/aromatic N) is 1. The number of benzene rings is 1. The normalized spacial score (nSPS) is 24.3. The van der Waals surface area contributed by atoms with E-state index in [0.717, 1.165) is 24.3 Å². The molecule has 1 fully saturated rings. The van der Waals surface area contributed by atoms with Gasteiger partial charge in [-0.3, -0.25) is 4.79 Å². The lowest BCUT2D eigenvalue weighted by atomic mass is 9.74. The molecule has 1 aromatic rings. The van der Waals surface area contributed by atoms with E-state index in [0.29, 0.717) is 17.6 Å². The Kier molecular flexibility index (Phi) is 3.90. The quantitative estimate of drug-likeness (QED) is 0.666. The highest BCUT2D eigenvalue weighted by molar-refractivity contribution is 5.94. The molecular formula is C16H18N2O3. The fourth-order valence-electron chi connectivity index (χ4n) is 2.65. The molecule has 2 aliphatic carbocycles. The van der Waals surface area contributed by atoms with Crippen LogP contribution in [-0.4, -0.2) is 25.3 Å². The lowest BCUT2D eigenvalue weighted by Gasteiger charge is -2.31. The van der Waals surface area contributed by atoms with Crippen LogP contribution >= 0.6 is 0 Å². The largest absolute Gasteiger partial charge is 0.497 e. The fraction of sp³-hybridized carbons (Fsp3) is 0.375. The van der Waals surface area contributed by atoms with E-state index in [1.54, 1.807) is 31.4 Å². The minimum absolute atomic E-state index is 0.0462. The third kappa shape index (κ3) is 3.07. The van der Waals surface area contributed by atoms with Gasteiger partial charge in [-0.15, -0.1) is 0 Å². The van der Waals surface area contributed by atoms with E-state index in [-0.39, 0.29) is 12.5 Å². The Labute approximate surface area is 123 Å². The summed E-state index contributed by atoms with van der Waals surface area (Å²) in [5.74, 6) is 2.28. The van der Waals surface area contributed by atoms with E-state index in [4.69, 9.17) is 9.47 Å². The summed E-state index contributed by atoms with van der Waals surface area (Å²) in [5, 5.41) is 4.19. The van der Waals surface area contributed by atoms with Crippen molar-refractivity contribution < 1.29 is 14.3 Å². The third-order valence-electron chi connectivity index (χ3n) is 3.92. The number of ether oxygens (including phenoxy) is 2. The van der Waals surface area contributed by atoms with Gasteiger partial charge < -0.3 is 9.47 Å². The molecule has 0 radical (unpaired) electrons. The van der Waals surface area contributed by atoms with Gasteiger partial charge >= 0.3 is 0 Å². The maximum atomic E-state index is 11.7. The first-order valence-corrected chi connectivity index (χ1v) is 7.05. The Morgan fingerprint density at radius 2 is 2.10 bits per heavy atom. The van der Waals surface area contributed by atoms with Gasteiger partial charge in [-0.25, -0.2) is 5.43 Å². The number of nitrogens with one attached hydrogen (secondary N) is 1. The van der Waals surface area contributed by atoms with Gasteiger partial charge in [-0.2, -0.15) is 5.10 Å². The van der Waals surface area contributed by atoms with Crippen molar-refractivity contribution in [3.8, 4) is 11.5 Å². The third-order valence-corrected chi connectivity index (χ3v) is 3.92. The highest BCUT2D eigenvalue weighted by Gasteiger charge is 2.37. The Morgan fingerprint density at radius 1 is 1.33 bits per heavy atom. The molecule has 1 N–H and O–H groups in total. The first-order valence-electron chi connectivity index (χ1n) is 7.05. The highest BCUT2D eigenvalue weighted by Crippen LogP contribution is 2.39. The number of carbonyl (C=O) groups excluding carboxylic acids is 1. The molecule has 5 nitrogen and oxygen atoms in total. The van der Waals surface area contributed by atoms with Gasteiger partial charge in [0.1, 0.15) is 11.5 Å². The summed E-state index contributed by atoms with van der Waals surface area (Å²) in [6.07, 6.45) is 6.42. The molecule has 0 spiro atoms. The summed E-state index contributed by atoms with van der Waals surface area (Å²) < 4.78 is 10.4. The summed E-state index contributed by atoms with van der Waals surface area (Å²) in [7, 11) is 1.60. The molecule has 1 aromatic carbocycles. The molecule has 2 atom stereocenters. The first kappa shape index (κ1) is 13.7. The molecule has 110 valence electrons. The molecule has 3 rings (SSSR count). The van der Waals surface area contributed by atoms with E-state index in [1.807, 2.05) is 0 Å². The van der Waals surface area contributed by atoms with E-state index in [2.05, 4.69) is 22.7 Å². The molecule has 21 heavy (non-hydrogen) atoms. The smallest absolute Gasteiger partial charge is 0.277 e. The van der Waals surface area contributed by atoms with Gasteiger partial charge in [-0.05, 0) is 43.0 Å². The van der Waals surface area contributed by atoms with Crippen LogP contribution in [0, 0.1) is 11.8 Å². The Bertz CT molecular complexity index is 578. The number of rotatable bonds is 5. The number of carbonyl (C=O) groups is 1. The van der Waals surface area contributed by atoms with Crippen LogP contribution < -0.4 is 14.9 Å². The number of methoxy groups -OCH3 is 1. The van der Waals surface area contributed by atoms with Crippen molar-refractivity contribution in [2.45, 2.75) is 12.8 Å². The predicted octanol–water partition coefficient (Wildman–Crippen LogP) is 2.14. The zero-order valence-corrected chi connectivity index (χ0v) is 11.9. The molecule has 0 heterocycles. The highest BCUT2D eigenvalue weighted by atomic mass is 16.5. The van der Waals surface area contributed by atoms with Crippen LogP contribution in [-0.2, 0) is 4.79 Å². The molecular weight excluding hydrogens is 268 g/mol. The van der Waals surface area contributed by atoms with Gasteiger partial charge in [0.2, 0.25) is 0 Å². The fourth-order valence-corrected chi connectivity index (χ4v) is 2.65. The zero-order valence-electron chi connectivity index (χ0n) is 11.9. The van der Waals surface area contributed by atoms with Crippen LogP contribution in [0.3, 0.4) is 0 Å². The molecule has 2 unspecified atom stereocenters. The van der Waals surface area contributed by atoms with Gasteiger partial charge in [-0.1, -0.05) is 12.2 Å². The second kappa shape index (κ2) is 5.99. The van der Waals surface area contributed by atoms with E-state index in [1.165, 1.54) is 0 Å². The number of amides is 1. The van der Waals surface area contributed by atoms with Crippen LogP contribution in [0.5, 0.6) is 11.5 Å². The van der Waals surface area contributed by atoms with E-state index >= 15 is 0 Å². The van der Waals surface area contributed by atoms with Crippen molar-refractivity contribution >= 4 is 11.6 Å². The van der Waals surface area contributed by atoms with Gasteiger partial charge in [0, 0.05) is 11.6 Å². The number of hydrogen-bond acceptors (Lipinski definition) is 4. The van der Waals surface area contributed by atoms with Gasteiger partial charge in [0.05, 0.1) is 7.11 Å². The molecule has 0 aromatic heterocycles. The summed E-state index contributed by atoms with van der Waals surface area (Å²) in [5.41, 5.74) is 3.65.